The van der Waals surface area contributed by atoms with Gasteiger partial charge in [0.2, 0.25) is 0 Å². The molecular weight excluding hydrogens is 466 g/mol. The number of nitrogens with zero attached hydrogens (tertiary/aromatic N) is 1. The van der Waals surface area contributed by atoms with Crippen molar-refractivity contribution in [1.82, 2.24) is 4.90 Å². The molecule has 0 spiro atoms. The van der Waals surface area contributed by atoms with Crippen LogP contribution in [0, 0.1) is 0 Å². The average Bonchev–Trinajstić information content (AvgIpc) is 3.36. The number of carboxylic acid groups (broad SMARTS) is 1. The summed E-state index contributed by atoms with van der Waals surface area (Å²) in [5.74, 6) is -0.683. The number of carbonyl (C=O) groups excluding carboxylic acids is 1. The fourth-order valence-electron chi connectivity index (χ4n) is 5.48. The van der Waals surface area contributed by atoms with Crippen LogP contribution in [0.4, 0.5) is 0 Å². The summed E-state index contributed by atoms with van der Waals surface area (Å²) in [6.45, 7) is 2.64. The van der Waals surface area contributed by atoms with E-state index in [1.165, 1.54) is 4.90 Å². The highest BCUT2D eigenvalue weighted by atomic mass is 16.5. The highest BCUT2D eigenvalue weighted by molar-refractivity contribution is 5.88. The molecule has 0 saturated heterocycles. The molecule has 1 amide bonds. The van der Waals surface area contributed by atoms with Gasteiger partial charge in [-0.3, -0.25) is 4.79 Å². The van der Waals surface area contributed by atoms with E-state index in [1.807, 2.05) is 78.9 Å². The predicted octanol–water partition coefficient (Wildman–Crippen LogP) is 5.69. The van der Waals surface area contributed by atoms with Gasteiger partial charge in [0.05, 0.1) is 5.60 Å². The number of fused-ring (bicyclic) bond motifs is 1. The van der Waals surface area contributed by atoms with E-state index in [-0.39, 0.29) is 18.9 Å². The first-order chi connectivity index (χ1) is 17.9. The van der Waals surface area contributed by atoms with Crippen molar-refractivity contribution in [2.75, 3.05) is 0 Å². The molecule has 0 bridgehead atoms. The summed E-state index contributed by atoms with van der Waals surface area (Å²) in [5, 5.41) is 10.2. The molecule has 0 aromatic heterocycles. The number of rotatable bonds is 8. The minimum Gasteiger partial charge on any atom is -0.489 e. The minimum absolute atomic E-state index is 0.181. The van der Waals surface area contributed by atoms with Gasteiger partial charge < -0.3 is 19.5 Å². The van der Waals surface area contributed by atoms with Crippen LogP contribution in [0.25, 0.3) is 0 Å². The van der Waals surface area contributed by atoms with Crippen molar-refractivity contribution in [2.45, 2.75) is 69.9 Å². The van der Waals surface area contributed by atoms with E-state index in [1.54, 1.807) is 0 Å². The zero-order valence-electron chi connectivity index (χ0n) is 21.1. The Morgan fingerprint density at radius 1 is 0.973 bits per heavy atom. The Labute approximate surface area is 217 Å². The molecule has 5 rings (SSSR count). The summed E-state index contributed by atoms with van der Waals surface area (Å²) in [6.07, 6.45) is 3.22. The van der Waals surface area contributed by atoms with Crippen LogP contribution in [0.15, 0.2) is 78.9 Å². The molecular formula is C31H33NO5. The van der Waals surface area contributed by atoms with Crippen LogP contribution >= 0.6 is 0 Å². The fraction of sp³-hybridized carbons (Fsp3) is 0.355. The van der Waals surface area contributed by atoms with Crippen LogP contribution < -0.4 is 4.74 Å². The molecule has 37 heavy (non-hydrogen) atoms. The highest BCUT2D eigenvalue weighted by Gasteiger charge is 2.42. The van der Waals surface area contributed by atoms with Crippen molar-refractivity contribution >= 4 is 11.9 Å². The summed E-state index contributed by atoms with van der Waals surface area (Å²) < 4.78 is 12.6. The predicted molar refractivity (Wildman–Crippen MR) is 140 cm³/mol. The lowest BCUT2D eigenvalue weighted by Crippen LogP contribution is -2.51. The smallest absolute Gasteiger partial charge is 0.326 e. The Morgan fingerprint density at radius 3 is 2.32 bits per heavy atom. The van der Waals surface area contributed by atoms with Gasteiger partial charge in [-0.1, -0.05) is 85.6 Å². The lowest BCUT2D eigenvalue weighted by Gasteiger charge is -2.39. The van der Waals surface area contributed by atoms with Crippen molar-refractivity contribution in [3.8, 4) is 5.75 Å². The van der Waals surface area contributed by atoms with Gasteiger partial charge in [-0.25, -0.2) is 4.79 Å². The Hall–Kier alpha value is -3.64. The van der Waals surface area contributed by atoms with Gasteiger partial charge in [0, 0.05) is 18.5 Å². The molecule has 192 valence electrons. The lowest BCUT2D eigenvalue weighted by molar-refractivity contribution is -0.166. The highest BCUT2D eigenvalue weighted by Crippen LogP contribution is 2.39. The first-order valence-electron chi connectivity index (χ1n) is 13.0. The summed E-state index contributed by atoms with van der Waals surface area (Å²) in [5.41, 5.74) is 3.12. The van der Waals surface area contributed by atoms with Crippen LogP contribution in [0.1, 0.15) is 61.0 Å². The van der Waals surface area contributed by atoms with Crippen molar-refractivity contribution in [3.63, 3.8) is 0 Å². The summed E-state index contributed by atoms with van der Waals surface area (Å²) in [7, 11) is 0. The van der Waals surface area contributed by atoms with E-state index >= 15 is 0 Å². The number of carboxylic acids is 1. The monoisotopic (exact) mass is 499 g/mol. The largest absolute Gasteiger partial charge is 0.489 e. The molecule has 1 aliphatic heterocycles. The molecule has 2 atom stereocenters. The van der Waals surface area contributed by atoms with Gasteiger partial charge in [0.15, 0.2) is 6.10 Å². The third-order valence-electron chi connectivity index (χ3n) is 7.54. The Bertz CT molecular complexity index is 1240. The van der Waals surface area contributed by atoms with Gasteiger partial charge in [0.25, 0.3) is 5.91 Å². The molecule has 1 aliphatic carbocycles. The van der Waals surface area contributed by atoms with E-state index in [2.05, 4.69) is 6.92 Å². The summed E-state index contributed by atoms with van der Waals surface area (Å²) >= 11 is 0. The molecule has 1 fully saturated rings. The van der Waals surface area contributed by atoms with Crippen molar-refractivity contribution in [3.05, 3.63) is 101 Å². The van der Waals surface area contributed by atoms with Gasteiger partial charge in [-0.15, -0.1) is 0 Å². The van der Waals surface area contributed by atoms with E-state index in [0.717, 1.165) is 47.9 Å². The van der Waals surface area contributed by atoms with Gasteiger partial charge in [0.1, 0.15) is 18.4 Å². The molecule has 3 aromatic rings. The number of hydrogen-bond acceptors (Lipinski definition) is 4. The normalized spacial score (nSPS) is 19.2. The Morgan fingerprint density at radius 2 is 1.65 bits per heavy atom. The minimum atomic E-state index is -1.03. The number of hydrogen-bond donors (Lipinski definition) is 1. The average molecular weight is 500 g/mol. The molecule has 6 nitrogen and oxygen atoms in total. The van der Waals surface area contributed by atoms with Crippen LogP contribution in [0.3, 0.4) is 0 Å². The van der Waals surface area contributed by atoms with E-state index < -0.39 is 23.7 Å². The maximum Gasteiger partial charge on any atom is 0.326 e. The van der Waals surface area contributed by atoms with Crippen LogP contribution in [-0.2, 0) is 33.9 Å². The maximum atomic E-state index is 14.1. The third kappa shape index (κ3) is 5.54. The molecule has 2 aliphatic rings. The zero-order valence-corrected chi connectivity index (χ0v) is 21.1. The van der Waals surface area contributed by atoms with Crippen LogP contribution in [-0.4, -0.2) is 33.5 Å². The van der Waals surface area contributed by atoms with Crippen LogP contribution in [0.5, 0.6) is 5.75 Å². The quantitative estimate of drug-likeness (QED) is 0.431. The topological polar surface area (TPSA) is 76.1 Å². The number of ether oxygens (including phenoxy) is 2. The second-order valence-electron chi connectivity index (χ2n) is 10.3. The van der Waals surface area contributed by atoms with E-state index in [0.29, 0.717) is 12.4 Å². The van der Waals surface area contributed by atoms with Crippen molar-refractivity contribution in [1.29, 1.82) is 0 Å². The first kappa shape index (κ1) is 25.0. The molecule has 3 aromatic carbocycles. The van der Waals surface area contributed by atoms with Crippen molar-refractivity contribution < 1.29 is 24.2 Å². The number of benzene rings is 3. The fourth-order valence-corrected chi connectivity index (χ4v) is 5.48. The summed E-state index contributed by atoms with van der Waals surface area (Å²) in [6, 6.07) is 24.0. The maximum absolute atomic E-state index is 14.1. The number of carbonyl (C=O) groups is 2. The Kier molecular flexibility index (Phi) is 7.28. The van der Waals surface area contributed by atoms with E-state index in [9.17, 15) is 14.7 Å². The lowest BCUT2D eigenvalue weighted by atomic mass is 9.92. The molecule has 6 heteroatoms. The van der Waals surface area contributed by atoms with Gasteiger partial charge in [-0.05, 0) is 42.5 Å². The number of amides is 1. The summed E-state index contributed by atoms with van der Waals surface area (Å²) in [4.78, 5) is 28.0. The first-order valence-corrected chi connectivity index (χ1v) is 13.0. The molecule has 1 saturated carbocycles. The number of aliphatic carboxylic acids is 1. The SMILES string of the molecule is CC1(OC(C(=O)N2Cc3cccc(OCc4ccccc4)c3C[C@H]2C(=O)O)c2ccccc2)CCCC1. The van der Waals surface area contributed by atoms with Gasteiger partial charge in [-0.2, -0.15) is 0 Å². The zero-order chi connectivity index (χ0) is 25.8. The molecule has 1 N–H and O–H groups in total. The van der Waals surface area contributed by atoms with Crippen molar-refractivity contribution in [2.24, 2.45) is 0 Å². The van der Waals surface area contributed by atoms with Gasteiger partial charge >= 0.3 is 5.97 Å². The Balaban J connectivity index is 1.43. The second-order valence-corrected chi connectivity index (χ2v) is 10.3. The molecule has 1 heterocycles. The van der Waals surface area contributed by atoms with Crippen LogP contribution in [0.2, 0.25) is 0 Å². The third-order valence-corrected chi connectivity index (χ3v) is 7.54. The standard InChI is InChI=1S/C31H33NO5/c1-31(17-8-9-18-31)37-28(23-13-6-3-7-14-23)29(33)32-20-24-15-10-16-27(25(24)19-26(32)30(34)35)36-21-22-11-4-2-5-12-22/h2-7,10-16,26,28H,8-9,17-21H2,1H3,(H,34,35)/t26-,28?/m0/s1. The molecule has 1 unspecified atom stereocenters. The van der Waals surface area contributed by atoms with E-state index in [4.69, 9.17) is 9.47 Å². The molecule has 0 radical (unpaired) electrons. The second kappa shape index (κ2) is 10.8.